The van der Waals surface area contributed by atoms with Gasteiger partial charge in [-0.15, -0.1) is 0 Å². The Morgan fingerprint density at radius 3 is 2.84 bits per heavy atom. The Balaban J connectivity index is 2.62. The molecular weight excluding hydrogens is 345 g/mol. The standard InChI is InChI=1S/C11H8BrClF2N2O2/c1-2-19-10(18)8-5-17-4-6(12)3-7(9(17)16-8)11(13,14)15/h3-5H,2H2,1H3. The molecule has 4 nitrogen and oxygen atoms in total. The fraction of sp³-hybridized carbons (Fsp3) is 0.273. The molecular formula is C11H8BrClF2N2O2. The maximum absolute atomic E-state index is 13.3. The Morgan fingerprint density at radius 1 is 1.58 bits per heavy atom. The molecule has 2 heterocycles. The molecule has 0 radical (unpaired) electrons. The zero-order chi connectivity index (χ0) is 14.2. The van der Waals surface area contributed by atoms with E-state index in [4.69, 9.17) is 16.3 Å². The van der Waals surface area contributed by atoms with E-state index < -0.39 is 16.9 Å². The van der Waals surface area contributed by atoms with Gasteiger partial charge in [-0.3, -0.25) is 0 Å². The molecule has 0 aromatic carbocycles. The second kappa shape index (κ2) is 5.05. The molecule has 0 fully saturated rings. The van der Waals surface area contributed by atoms with E-state index in [9.17, 15) is 13.6 Å². The van der Waals surface area contributed by atoms with Gasteiger partial charge in [0.2, 0.25) is 0 Å². The molecule has 2 rings (SSSR count). The summed E-state index contributed by atoms with van der Waals surface area (Å²) in [4.78, 5) is 15.4. The van der Waals surface area contributed by atoms with E-state index in [1.54, 1.807) is 6.92 Å². The van der Waals surface area contributed by atoms with Crippen LogP contribution >= 0.6 is 27.5 Å². The average molecular weight is 354 g/mol. The van der Waals surface area contributed by atoms with E-state index >= 15 is 0 Å². The third kappa shape index (κ3) is 2.87. The minimum absolute atomic E-state index is 0.0536. The zero-order valence-electron chi connectivity index (χ0n) is 9.66. The SMILES string of the molecule is CCOC(=O)c1cn2cc(Br)cc(C(F)(F)Cl)c2n1. The molecule has 2 aromatic heterocycles. The molecule has 102 valence electrons. The summed E-state index contributed by atoms with van der Waals surface area (Å²) in [5, 5.41) is -3.58. The fourth-order valence-electron chi connectivity index (χ4n) is 1.58. The molecule has 0 amide bonds. The molecule has 0 aliphatic rings. The first-order valence-corrected chi connectivity index (χ1v) is 6.42. The van der Waals surface area contributed by atoms with Crippen molar-refractivity contribution >= 4 is 39.1 Å². The third-order valence-electron chi connectivity index (χ3n) is 2.31. The van der Waals surface area contributed by atoms with Gasteiger partial charge >= 0.3 is 11.4 Å². The lowest BCUT2D eigenvalue weighted by atomic mass is 10.3. The number of aromatic nitrogens is 2. The van der Waals surface area contributed by atoms with Crippen molar-refractivity contribution in [2.24, 2.45) is 0 Å². The largest absolute Gasteiger partial charge is 0.461 e. The number of rotatable bonds is 3. The number of alkyl halides is 3. The predicted octanol–water partition coefficient (Wildman–Crippen LogP) is 3.56. The number of pyridine rings is 1. The Labute approximate surface area is 120 Å². The lowest BCUT2D eigenvalue weighted by molar-refractivity contribution is 0.0520. The van der Waals surface area contributed by atoms with Crippen LogP contribution in [0.15, 0.2) is 22.9 Å². The summed E-state index contributed by atoms with van der Waals surface area (Å²) in [5.41, 5.74) is -0.632. The summed E-state index contributed by atoms with van der Waals surface area (Å²) >= 11 is 8.13. The number of carbonyl (C=O) groups is 1. The topological polar surface area (TPSA) is 43.6 Å². The van der Waals surface area contributed by atoms with Crippen molar-refractivity contribution in [3.05, 3.63) is 34.2 Å². The minimum atomic E-state index is -3.58. The number of carbonyl (C=O) groups excluding carboxylic acids is 1. The number of esters is 1. The molecule has 0 aliphatic heterocycles. The fourth-order valence-corrected chi connectivity index (χ4v) is 2.16. The minimum Gasteiger partial charge on any atom is -0.461 e. The highest BCUT2D eigenvalue weighted by atomic mass is 79.9. The molecule has 0 bridgehead atoms. The van der Waals surface area contributed by atoms with Gasteiger partial charge in [-0.1, -0.05) is 0 Å². The average Bonchev–Trinajstić information content (AvgIpc) is 2.70. The summed E-state index contributed by atoms with van der Waals surface area (Å²) in [6.45, 7) is 1.82. The molecule has 8 heteroatoms. The van der Waals surface area contributed by atoms with Gasteiger partial charge < -0.3 is 9.14 Å². The summed E-state index contributed by atoms with van der Waals surface area (Å²) in [7, 11) is 0. The lowest BCUT2D eigenvalue weighted by Gasteiger charge is -2.09. The highest BCUT2D eigenvalue weighted by Crippen LogP contribution is 2.36. The molecule has 0 saturated carbocycles. The number of halogens is 4. The molecule has 0 saturated heterocycles. The van der Waals surface area contributed by atoms with Gasteiger partial charge in [-0.2, -0.15) is 8.78 Å². The van der Waals surface area contributed by atoms with Crippen LogP contribution < -0.4 is 0 Å². The van der Waals surface area contributed by atoms with E-state index in [1.165, 1.54) is 16.8 Å². The number of ether oxygens (including phenoxy) is 1. The molecule has 2 aromatic rings. The van der Waals surface area contributed by atoms with Crippen LogP contribution in [0.5, 0.6) is 0 Å². The van der Waals surface area contributed by atoms with Crippen LogP contribution in [0.2, 0.25) is 0 Å². The lowest BCUT2D eigenvalue weighted by Crippen LogP contribution is -2.07. The first-order chi connectivity index (χ1) is 8.82. The van der Waals surface area contributed by atoms with Crippen LogP contribution in [0.25, 0.3) is 5.65 Å². The maximum atomic E-state index is 13.3. The zero-order valence-corrected chi connectivity index (χ0v) is 12.0. The number of hydrogen-bond acceptors (Lipinski definition) is 3. The van der Waals surface area contributed by atoms with Crippen molar-refractivity contribution in [2.75, 3.05) is 6.61 Å². The van der Waals surface area contributed by atoms with Crippen molar-refractivity contribution in [2.45, 2.75) is 12.3 Å². The van der Waals surface area contributed by atoms with Crippen LogP contribution in [-0.2, 0) is 10.1 Å². The van der Waals surface area contributed by atoms with Gasteiger partial charge in [0.25, 0.3) is 0 Å². The second-order valence-corrected chi connectivity index (χ2v) is 5.04. The third-order valence-corrected chi connectivity index (χ3v) is 2.95. The Kier molecular flexibility index (Phi) is 3.78. The molecule has 0 unspecified atom stereocenters. The van der Waals surface area contributed by atoms with E-state index in [2.05, 4.69) is 20.9 Å². The van der Waals surface area contributed by atoms with Crippen LogP contribution in [-0.4, -0.2) is 22.0 Å². The number of nitrogens with zero attached hydrogens (tertiary/aromatic N) is 2. The van der Waals surface area contributed by atoms with Gasteiger partial charge in [-0.05, 0) is 40.5 Å². The highest BCUT2D eigenvalue weighted by molar-refractivity contribution is 9.10. The molecule has 0 spiro atoms. The summed E-state index contributed by atoms with van der Waals surface area (Å²) < 4.78 is 33.0. The number of imidazole rings is 1. The summed E-state index contributed by atoms with van der Waals surface area (Å²) in [6.07, 6.45) is 2.81. The van der Waals surface area contributed by atoms with E-state index in [0.717, 1.165) is 6.07 Å². The summed E-state index contributed by atoms with van der Waals surface area (Å²) in [6, 6.07) is 1.16. The normalized spacial score (nSPS) is 11.8. The number of fused-ring (bicyclic) bond motifs is 1. The van der Waals surface area contributed by atoms with E-state index in [0.29, 0.717) is 4.47 Å². The van der Waals surface area contributed by atoms with Gasteiger partial charge in [0.1, 0.15) is 5.65 Å². The van der Waals surface area contributed by atoms with Crippen LogP contribution in [0.3, 0.4) is 0 Å². The second-order valence-electron chi connectivity index (χ2n) is 3.65. The van der Waals surface area contributed by atoms with E-state index in [1.807, 2.05) is 0 Å². The smallest absolute Gasteiger partial charge is 0.358 e. The Hall–Kier alpha value is -1.21. The van der Waals surface area contributed by atoms with Crippen molar-refractivity contribution in [1.29, 1.82) is 0 Å². The molecule has 19 heavy (non-hydrogen) atoms. The Bertz CT molecular complexity index is 639. The van der Waals surface area contributed by atoms with Crippen molar-refractivity contribution < 1.29 is 18.3 Å². The highest BCUT2D eigenvalue weighted by Gasteiger charge is 2.32. The van der Waals surface area contributed by atoms with Crippen molar-refractivity contribution in [1.82, 2.24) is 9.38 Å². The quantitative estimate of drug-likeness (QED) is 0.626. The van der Waals surface area contributed by atoms with Crippen molar-refractivity contribution in [3.8, 4) is 0 Å². The van der Waals surface area contributed by atoms with E-state index in [-0.39, 0.29) is 17.9 Å². The molecule has 0 atom stereocenters. The van der Waals surface area contributed by atoms with Gasteiger partial charge in [-0.25, -0.2) is 9.78 Å². The number of hydrogen-bond donors (Lipinski definition) is 0. The van der Waals surface area contributed by atoms with Crippen molar-refractivity contribution in [3.63, 3.8) is 0 Å². The van der Waals surface area contributed by atoms with Crippen LogP contribution in [0.1, 0.15) is 23.0 Å². The van der Waals surface area contributed by atoms with Crippen LogP contribution in [0, 0.1) is 0 Å². The monoisotopic (exact) mass is 352 g/mol. The predicted molar refractivity (Wildman–Crippen MR) is 68.6 cm³/mol. The first kappa shape index (κ1) is 14.2. The summed E-state index contributed by atoms with van der Waals surface area (Å²) in [5.74, 6) is -0.675. The first-order valence-electron chi connectivity index (χ1n) is 5.25. The van der Waals surface area contributed by atoms with Gasteiger partial charge in [0.05, 0.1) is 12.2 Å². The van der Waals surface area contributed by atoms with Crippen LogP contribution in [0.4, 0.5) is 8.78 Å². The Morgan fingerprint density at radius 2 is 2.26 bits per heavy atom. The maximum Gasteiger partial charge on any atom is 0.358 e. The van der Waals surface area contributed by atoms with Gasteiger partial charge in [0.15, 0.2) is 5.69 Å². The van der Waals surface area contributed by atoms with Gasteiger partial charge in [0, 0.05) is 16.9 Å². The molecule has 0 aliphatic carbocycles. The molecule has 0 N–H and O–H groups in total.